The van der Waals surface area contributed by atoms with Crippen molar-refractivity contribution in [2.45, 2.75) is 73.8 Å². The predicted molar refractivity (Wildman–Crippen MR) is 117 cm³/mol. The highest BCUT2D eigenvalue weighted by Crippen LogP contribution is 2.81. The van der Waals surface area contributed by atoms with Crippen LogP contribution in [0, 0.1) is 11.3 Å². The van der Waals surface area contributed by atoms with Gasteiger partial charge in [0.05, 0.1) is 24.7 Å². The molecule has 0 spiro atoms. The van der Waals surface area contributed by atoms with Gasteiger partial charge in [0, 0.05) is 12.3 Å². The summed E-state index contributed by atoms with van der Waals surface area (Å²) >= 11 is 0. The number of phenolic OH excluding ortho intramolecular Hbond substituents is 1. The first-order valence-electron chi connectivity index (χ1n) is 12.1. The summed E-state index contributed by atoms with van der Waals surface area (Å²) in [5.74, 6) is -2.85. The van der Waals surface area contributed by atoms with Crippen molar-refractivity contribution in [1.29, 1.82) is 0 Å². The van der Waals surface area contributed by atoms with Crippen molar-refractivity contribution < 1.29 is 63.9 Å². The number of ether oxygens (including phenoxy) is 6. The summed E-state index contributed by atoms with van der Waals surface area (Å²) in [4.78, 5) is 12.9. The van der Waals surface area contributed by atoms with E-state index in [1.165, 1.54) is 25.3 Å². The summed E-state index contributed by atoms with van der Waals surface area (Å²) in [6, 6.07) is 4.00. The summed E-state index contributed by atoms with van der Waals surface area (Å²) < 4.78 is 34.7. The number of carbonyl (C=O) groups excluding carboxylic acids is 1. The lowest BCUT2D eigenvalue weighted by Crippen LogP contribution is -2.80. The number of carbonyl (C=O) groups is 1. The van der Waals surface area contributed by atoms with Crippen LogP contribution in [-0.4, -0.2) is 111 Å². The van der Waals surface area contributed by atoms with E-state index in [0.717, 1.165) is 0 Å². The molecule has 8 rings (SSSR count). The van der Waals surface area contributed by atoms with Gasteiger partial charge in [0.15, 0.2) is 29.9 Å². The Morgan fingerprint density at radius 2 is 1.92 bits per heavy atom. The highest BCUT2D eigenvalue weighted by molar-refractivity contribution is 5.90. The number of aromatic hydroxyl groups is 1. The monoisotopic (exact) mass is 526 g/mol. The minimum atomic E-state index is -1.65. The fraction of sp³-hybridized carbons (Fsp3) is 0.708. The second-order valence-corrected chi connectivity index (χ2v) is 10.7. The highest BCUT2D eigenvalue weighted by atomic mass is 16.8. The van der Waals surface area contributed by atoms with Gasteiger partial charge in [-0.2, -0.15) is 0 Å². The van der Waals surface area contributed by atoms with Gasteiger partial charge in [-0.1, -0.05) is 0 Å². The number of methoxy groups -OCH3 is 1. The van der Waals surface area contributed by atoms with Crippen molar-refractivity contribution in [2.24, 2.45) is 11.3 Å². The number of esters is 1. The van der Waals surface area contributed by atoms with Gasteiger partial charge >= 0.3 is 5.97 Å². The van der Waals surface area contributed by atoms with Crippen LogP contribution in [0.5, 0.6) is 11.5 Å². The van der Waals surface area contributed by atoms with Gasteiger partial charge in [-0.15, -0.1) is 0 Å². The molecule has 7 fully saturated rings. The van der Waals surface area contributed by atoms with Crippen LogP contribution in [0.1, 0.15) is 30.1 Å². The first kappa shape index (κ1) is 25.2. The number of phenols is 1. The van der Waals surface area contributed by atoms with E-state index in [-0.39, 0.29) is 36.5 Å². The largest absolute Gasteiger partial charge is 0.504 e. The standard InChI is InChI=1S/C24H30O13/c1-21-8-23(31)14-6-24(21,35-19-17(29)16(28)15(27)13(7-25)34-19)22(14,20(36-21)37-23)9-33-18(30)10-3-4-11(26)12(5-10)32-2/h3-5,13-17,19-20,25-29,31H,6-9H2,1-2H3/t13-,14-,15-,16+,17-,19+,20-,21-,22+,23-,24-/m1/s1. The van der Waals surface area contributed by atoms with E-state index < -0.39 is 77.9 Å². The maximum absolute atomic E-state index is 12.9. The molecule has 13 heteroatoms. The van der Waals surface area contributed by atoms with E-state index in [9.17, 15) is 35.4 Å². The van der Waals surface area contributed by atoms with Gasteiger partial charge < -0.3 is 59.1 Å². The summed E-state index contributed by atoms with van der Waals surface area (Å²) in [7, 11) is 1.35. The van der Waals surface area contributed by atoms with Crippen molar-refractivity contribution >= 4 is 5.97 Å². The van der Waals surface area contributed by atoms with Crippen LogP contribution in [0.25, 0.3) is 0 Å². The van der Waals surface area contributed by atoms with Crippen molar-refractivity contribution in [2.75, 3.05) is 20.3 Å². The summed E-state index contributed by atoms with van der Waals surface area (Å²) in [5, 5.41) is 61.7. The van der Waals surface area contributed by atoms with E-state index in [2.05, 4.69) is 0 Å². The minimum absolute atomic E-state index is 0.0451. The minimum Gasteiger partial charge on any atom is -0.504 e. The molecule has 0 radical (unpaired) electrons. The van der Waals surface area contributed by atoms with E-state index in [0.29, 0.717) is 0 Å². The Balaban J connectivity index is 1.30. The van der Waals surface area contributed by atoms with Crippen LogP contribution in [0.2, 0.25) is 0 Å². The van der Waals surface area contributed by atoms with Gasteiger partial charge in [-0.25, -0.2) is 4.79 Å². The molecule has 4 aliphatic heterocycles. The lowest BCUT2D eigenvalue weighted by Gasteiger charge is -2.67. The Morgan fingerprint density at radius 3 is 2.62 bits per heavy atom. The summed E-state index contributed by atoms with van der Waals surface area (Å²) in [6.07, 6.45) is -8.24. The molecule has 0 aromatic heterocycles. The van der Waals surface area contributed by atoms with Crippen molar-refractivity contribution in [3.05, 3.63) is 23.8 Å². The van der Waals surface area contributed by atoms with Crippen LogP contribution in [0.15, 0.2) is 18.2 Å². The molecule has 4 heterocycles. The van der Waals surface area contributed by atoms with Crippen LogP contribution in [-0.2, 0) is 23.7 Å². The molecule has 3 aliphatic carbocycles. The third-order valence-corrected chi connectivity index (χ3v) is 8.98. The first-order valence-corrected chi connectivity index (χ1v) is 12.1. The molecule has 1 aromatic rings. The topological polar surface area (TPSA) is 194 Å². The van der Waals surface area contributed by atoms with Crippen LogP contribution < -0.4 is 4.74 Å². The normalized spacial score (nSPS) is 49.1. The summed E-state index contributed by atoms with van der Waals surface area (Å²) in [5.41, 5.74) is -3.46. The number of aliphatic hydroxyl groups excluding tert-OH is 4. The Labute approximate surface area is 211 Å². The Kier molecular flexibility index (Phi) is 5.44. The van der Waals surface area contributed by atoms with Gasteiger partial charge in [0.2, 0.25) is 0 Å². The number of hydrogen-bond donors (Lipinski definition) is 6. The third kappa shape index (κ3) is 3.03. The van der Waals surface area contributed by atoms with Crippen LogP contribution in [0.3, 0.4) is 0 Å². The molecule has 13 nitrogen and oxygen atoms in total. The average Bonchev–Trinajstić information content (AvgIpc) is 3.05. The second kappa shape index (κ2) is 7.97. The third-order valence-electron chi connectivity index (χ3n) is 8.98. The van der Waals surface area contributed by atoms with Crippen molar-refractivity contribution in [3.63, 3.8) is 0 Å². The van der Waals surface area contributed by atoms with E-state index in [1.807, 2.05) is 0 Å². The number of rotatable bonds is 7. The highest BCUT2D eigenvalue weighted by Gasteiger charge is 2.94. The molecule has 0 amide bonds. The molecule has 6 bridgehead atoms. The fourth-order valence-corrected chi connectivity index (χ4v) is 7.10. The van der Waals surface area contributed by atoms with Gasteiger partial charge in [0.25, 0.3) is 0 Å². The SMILES string of the molecule is COc1cc(C(=O)OC[C@]23[C@H]4O[C@]5(O)C[C@@](C)(O4)[C@]2(O[C@@H]2O[C@H](CO)[C@@H](O)[C@H](O)[C@H]2O)C[C@H]35)ccc1O. The number of hydrogen-bond acceptors (Lipinski definition) is 13. The molecular weight excluding hydrogens is 496 g/mol. The zero-order valence-electron chi connectivity index (χ0n) is 20.1. The first-order chi connectivity index (χ1) is 17.4. The molecule has 37 heavy (non-hydrogen) atoms. The Bertz CT molecular complexity index is 1110. The van der Waals surface area contributed by atoms with E-state index in [1.54, 1.807) is 6.92 Å². The molecule has 6 N–H and O–H groups in total. The molecule has 4 saturated heterocycles. The van der Waals surface area contributed by atoms with Crippen LogP contribution >= 0.6 is 0 Å². The van der Waals surface area contributed by atoms with Gasteiger partial charge in [-0.05, 0) is 31.5 Å². The van der Waals surface area contributed by atoms with Crippen molar-refractivity contribution in [3.8, 4) is 11.5 Å². The van der Waals surface area contributed by atoms with Crippen molar-refractivity contribution in [1.82, 2.24) is 0 Å². The van der Waals surface area contributed by atoms with Gasteiger partial charge in [-0.3, -0.25) is 0 Å². The molecule has 204 valence electrons. The van der Waals surface area contributed by atoms with E-state index >= 15 is 0 Å². The lowest BCUT2D eigenvalue weighted by atomic mass is 9.41. The van der Waals surface area contributed by atoms with Gasteiger partial charge in [0.1, 0.15) is 42.2 Å². The smallest absolute Gasteiger partial charge is 0.338 e. The number of benzene rings is 1. The molecule has 1 aromatic carbocycles. The Morgan fingerprint density at radius 1 is 1.16 bits per heavy atom. The zero-order chi connectivity index (χ0) is 26.5. The maximum atomic E-state index is 12.9. The molecule has 11 atom stereocenters. The van der Waals surface area contributed by atoms with Crippen LogP contribution in [0.4, 0.5) is 0 Å². The predicted octanol–water partition coefficient (Wildman–Crippen LogP) is -1.64. The summed E-state index contributed by atoms with van der Waals surface area (Å²) in [6.45, 7) is 0.819. The molecule has 0 unspecified atom stereocenters. The molecule has 3 saturated carbocycles. The zero-order valence-corrected chi connectivity index (χ0v) is 20.1. The second-order valence-electron chi connectivity index (χ2n) is 10.7. The maximum Gasteiger partial charge on any atom is 0.338 e. The number of aliphatic hydroxyl groups is 5. The lowest BCUT2D eigenvalue weighted by molar-refractivity contribution is -0.424. The quantitative estimate of drug-likeness (QED) is 0.222. The average molecular weight is 526 g/mol. The molecule has 7 aliphatic rings. The van der Waals surface area contributed by atoms with E-state index in [4.69, 9.17) is 28.4 Å². The fourth-order valence-electron chi connectivity index (χ4n) is 7.10. The molecular formula is C24H30O13. The Hall–Kier alpha value is -2.07.